The highest BCUT2D eigenvalue weighted by atomic mass is 14.4. The summed E-state index contributed by atoms with van der Waals surface area (Å²) in [5, 5.41) is 7.02. The molecule has 9 heavy (non-hydrogen) atoms. The maximum atomic E-state index is 7.02. The minimum atomic E-state index is 0.135. The zero-order valence-corrected chi connectivity index (χ0v) is 6.65. The number of hydrogen-bond donors (Lipinski definition) is 1. The Morgan fingerprint density at radius 3 is 1.78 bits per heavy atom. The molecule has 0 unspecified atom stereocenters. The first-order valence-corrected chi connectivity index (χ1v) is 3.19. The second-order valence-electron chi connectivity index (χ2n) is 3.14. The molecule has 0 aromatic carbocycles. The van der Waals surface area contributed by atoms with Crippen LogP contribution in [0.4, 0.5) is 0 Å². The average Bonchev–Trinajstić information content (AvgIpc) is 1.65. The summed E-state index contributed by atoms with van der Waals surface area (Å²) < 4.78 is 0. The molecule has 0 aliphatic heterocycles. The molecule has 0 bridgehead atoms. The summed E-state index contributed by atoms with van der Waals surface area (Å²) in [7, 11) is 0. The van der Waals surface area contributed by atoms with Crippen LogP contribution in [0, 0.1) is 10.8 Å². The molecular weight excluding hydrogens is 110 g/mol. The molecule has 0 saturated carbocycles. The van der Waals surface area contributed by atoms with E-state index in [1.807, 2.05) is 13.0 Å². The molecule has 0 aliphatic carbocycles. The van der Waals surface area contributed by atoms with Crippen molar-refractivity contribution in [3.05, 3.63) is 11.6 Å². The zero-order valence-electron chi connectivity index (χ0n) is 6.65. The molecule has 0 fully saturated rings. The van der Waals surface area contributed by atoms with Crippen LogP contribution in [0.25, 0.3) is 0 Å². The fourth-order valence-corrected chi connectivity index (χ4v) is 0.733. The monoisotopic (exact) mass is 125 g/mol. The molecule has 1 N–H and O–H groups in total. The van der Waals surface area contributed by atoms with E-state index in [0.29, 0.717) is 0 Å². The molecule has 0 aromatic heterocycles. The molecule has 1 nitrogen and oxygen atoms in total. The topological polar surface area (TPSA) is 23.9 Å². The second kappa shape index (κ2) is 2.81. The van der Waals surface area contributed by atoms with Gasteiger partial charge in [0.1, 0.15) is 0 Å². The Balaban J connectivity index is 4.32. The van der Waals surface area contributed by atoms with Crippen LogP contribution in [0.2, 0.25) is 0 Å². The van der Waals surface area contributed by atoms with Gasteiger partial charge in [0, 0.05) is 6.21 Å². The van der Waals surface area contributed by atoms with Gasteiger partial charge in [-0.25, -0.2) is 0 Å². The van der Waals surface area contributed by atoms with E-state index in [0.717, 1.165) is 5.57 Å². The molecule has 0 radical (unpaired) electrons. The number of rotatable bonds is 1. The number of hydrogen-bond acceptors (Lipinski definition) is 1. The first kappa shape index (κ1) is 8.41. The fourth-order valence-electron chi connectivity index (χ4n) is 0.733. The quantitative estimate of drug-likeness (QED) is 0.521. The van der Waals surface area contributed by atoms with Crippen LogP contribution in [-0.4, -0.2) is 6.21 Å². The smallest absolute Gasteiger partial charge is 0.0211 e. The highest BCUT2D eigenvalue weighted by Crippen LogP contribution is 2.22. The van der Waals surface area contributed by atoms with Gasteiger partial charge in [0.2, 0.25) is 0 Å². The second-order valence-corrected chi connectivity index (χ2v) is 3.14. The van der Waals surface area contributed by atoms with Crippen molar-refractivity contribution in [2.75, 3.05) is 0 Å². The zero-order chi connectivity index (χ0) is 7.49. The molecule has 52 valence electrons. The Morgan fingerprint density at radius 2 is 1.78 bits per heavy atom. The van der Waals surface area contributed by atoms with Crippen molar-refractivity contribution >= 4 is 6.21 Å². The Kier molecular flexibility index (Phi) is 2.63. The van der Waals surface area contributed by atoms with Crippen LogP contribution in [0.5, 0.6) is 0 Å². The lowest BCUT2D eigenvalue weighted by atomic mass is 9.87. The van der Waals surface area contributed by atoms with Crippen molar-refractivity contribution in [1.29, 1.82) is 5.41 Å². The van der Waals surface area contributed by atoms with Crippen molar-refractivity contribution in [3.63, 3.8) is 0 Å². The van der Waals surface area contributed by atoms with Crippen molar-refractivity contribution in [2.24, 2.45) is 5.41 Å². The molecule has 0 atom stereocenters. The van der Waals surface area contributed by atoms with Crippen LogP contribution in [0.15, 0.2) is 11.6 Å². The van der Waals surface area contributed by atoms with Gasteiger partial charge in [-0.2, -0.15) is 0 Å². The van der Waals surface area contributed by atoms with Gasteiger partial charge < -0.3 is 5.41 Å². The third-order valence-electron chi connectivity index (χ3n) is 1.33. The van der Waals surface area contributed by atoms with Crippen LogP contribution < -0.4 is 0 Å². The van der Waals surface area contributed by atoms with Gasteiger partial charge >= 0.3 is 0 Å². The third-order valence-corrected chi connectivity index (χ3v) is 1.33. The molecule has 1 heteroatoms. The minimum absolute atomic E-state index is 0.135. The lowest BCUT2D eigenvalue weighted by molar-refractivity contribution is 0.525. The average molecular weight is 125 g/mol. The molecule has 0 saturated heterocycles. The summed E-state index contributed by atoms with van der Waals surface area (Å²) in [6, 6.07) is 0. The molecule has 0 aromatic rings. The summed E-state index contributed by atoms with van der Waals surface area (Å²) >= 11 is 0. The van der Waals surface area contributed by atoms with Gasteiger partial charge in [-0.3, -0.25) is 0 Å². The van der Waals surface area contributed by atoms with Gasteiger partial charge in [0.15, 0.2) is 0 Å². The number of allylic oxidation sites excluding steroid dienone is 2. The van der Waals surface area contributed by atoms with Crippen LogP contribution in [0.3, 0.4) is 0 Å². The van der Waals surface area contributed by atoms with E-state index >= 15 is 0 Å². The first-order chi connectivity index (χ1) is 4.02. The summed E-state index contributed by atoms with van der Waals surface area (Å²) in [6.45, 7) is 8.28. The van der Waals surface area contributed by atoms with Crippen LogP contribution >= 0.6 is 0 Å². The van der Waals surface area contributed by atoms with Gasteiger partial charge in [-0.1, -0.05) is 26.8 Å². The third kappa shape index (κ3) is 2.45. The predicted octanol–water partition coefficient (Wildman–Crippen LogP) is 2.63. The Hall–Kier alpha value is -0.590. The maximum Gasteiger partial charge on any atom is 0.0211 e. The van der Waals surface area contributed by atoms with E-state index in [9.17, 15) is 0 Å². The largest absolute Gasteiger partial charge is 0.308 e. The molecule has 0 aliphatic rings. The lowest BCUT2D eigenvalue weighted by Gasteiger charge is -2.18. The summed E-state index contributed by atoms with van der Waals surface area (Å²) in [5.41, 5.74) is 1.22. The van der Waals surface area contributed by atoms with Gasteiger partial charge in [0.25, 0.3) is 0 Å². The van der Waals surface area contributed by atoms with Gasteiger partial charge in [-0.05, 0) is 17.9 Å². The summed E-state index contributed by atoms with van der Waals surface area (Å²) in [5.74, 6) is 0. The first-order valence-electron chi connectivity index (χ1n) is 3.19. The molecule has 0 spiro atoms. The standard InChI is InChI=1S/C8H15N/c1-5-7(6-9)8(2,3)4/h5-6,9H,1-4H3/b7-5+,9-6?. The van der Waals surface area contributed by atoms with E-state index in [1.165, 1.54) is 6.21 Å². The summed E-state index contributed by atoms with van der Waals surface area (Å²) in [6.07, 6.45) is 3.40. The Bertz CT molecular complexity index is 126. The predicted molar refractivity (Wildman–Crippen MR) is 42.0 cm³/mol. The van der Waals surface area contributed by atoms with E-state index < -0.39 is 0 Å². The van der Waals surface area contributed by atoms with Crippen molar-refractivity contribution in [2.45, 2.75) is 27.7 Å². The molecule has 0 amide bonds. The minimum Gasteiger partial charge on any atom is -0.308 e. The SMILES string of the molecule is C/C=C(\C=N)C(C)(C)C. The van der Waals surface area contributed by atoms with E-state index in [2.05, 4.69) is 20.8 Å². The van der Waals surface area contributed by atoms with Crippen LogP contribution in [0.1, 0.15) is 27.7 Å². The van der Waals surface area contributed by atoms with Crippen molar-refractivity contribution in [1.82, 2.24) is 0 Å². The highest BCUT2D eigenvalue weighted by Gasteiger charge is 2.12. The normalized spacial score (nSPS) is 13.6. The fraction of sp³-hybridized carbons (Fsp3) is 0.625. The Morgan fingerprint density at radius 1 is 1.33 bits per heavy atom. The van der Waals surface area contributed by atoms with Crippen molar-refractivity contribution in [3.8, 4) is 0 Å². The summed E-state index contributed by atoms with van der Waals surface area (Å²) in [4.78, 5) is 0. The van der Waals surface area contributed by atoms with E-state index in [-0.39, 0.29) is 5.41 Å². The number of nitrogens with one attached hydrogen (secondary N) is 1. The lowest BCUT2D eigenvalue weighted by Crippen LogP contribution is -2.09. The van der Waals surface area contributed by atoms with E-state index in [1.54, 1.807) is 0 Å². The van der Waals surface area contributed by atoms with E-state index in [4.69, 9.17) is 5.41 Å². The van der Waals surface area contributed by atoms with Gasteiger partial charge in [0.05, 0.1) is 0 Å². The molecular formula is C8H15N. The van der Waals surface area contributed by atoms with Gasteiger partial charge in [-0.15, -0.1) is 0 Å². The highest BCUT2D eigenvalue weighted by molar-refractivity contribution is 5.77. The molecule has 0 heterocycles. The Labute approximate surface area is 57.3 Å². The van der Waals surface area contributed by atoms with Crippen molar-refractivity contribution < 1.29 is 0 Å². The maximum absolute atomic E-state index is 7.02. The molecule has 0 rings (SSSR count). The van der Waals surface area contributed by atoms with Crippen LogP contribution in [-0.2, 0) is 0 Å².